The van der Waals surface area contributed by atoms with Crippen molar-refractivity contribution < 1.29 is 28.2 Å². The molecule has 8 nitrogen and oxygen atoms in total. The molecule has 18 heavy (non-hydrogen) atoms. The summed E-state index contributed by atoms with van der Waals surface area (Å²) in [5.74, 6) is -2.28. The lowest BCUT2D eigenvalue weighted by atomic mass is 10.2. The van der Waals surface area contributed by atoms with E-state index in [0.717, 1.165) is 4.31 Å². The fourth-order valence-corrected chi connectivity index (χ4v) is 3.59. The first kappa shape index (κ1) is 14.9. The van der Waals surface area contributed by atoms with Gasteiger partial charge in [0.05, 0.1) is 11.9 Å². The van der Waals surface area contributed by atoms with E-state index in [1.54, 1.807) is 0 Å². The lowest BCUT2D eigenvalue weighted by Crippen LogP contribution is -2.44. The van der Waals surface area contributed by atoms with Crippen LogP contribution >= 0.6 is 0 Å². The van der Waals surface area contributed by atoms with E-state index in [4.69, 9.17) is 10.8 Å². The maximum absolute atomic E-state index is 11.9. The summed E-state index contributed by atoms with van der Waals surface area (Å²) < 4.78 is 24.6. The minimum atomic E-state index is -3.77. The normalized spacial score (nSPS) is 25.2. The third-order valence-corrected chi connectivity index (χ3v) is 4.64. The van der Waals surface area contributed by atoms with Crippen LogP contribution in [0.1, 0.15) is 19.3 Å². The molecule has 1 fully saturated rings. The summed E-state index contributed by atoms with van der Waals surface area (Å²) in [5, 5.41) is 17.8. The van der Waals surface area contributed by atoms with E-state index in [1.165, 1.54) is 0 Å². The molecule has 1 aliphatic heterocycles. The van der Waals surface area contributed by atoms with Crippen molar-refractivity contribution in [3.63, 3.8) is 0 Å². The zero-order valence-corrected chi connectivity index (χ0v) is 10.5. The van der Waals surface area contributed by atoms with Crippen LogP contribution in [0, 0.1) is 0 Å². The van der Waals surface area contributed by atoms with E-state index in [1.807, 2.05) is 0 Å². The molecule has 2 atom stereocenters. The maximum Gasteiger partial charge on any atom is 0.303 e. The number of aliphatic hydroxyl groups is 1. The van der Waals surface area contributed by atoms with Gasteiger partial charge >= 0.3 is 5.97 Å². The monoisotopic (exact) mass is 280 g/mol. The van der Waals surface area contributed by atoms with Crippen LogP contribution in [0.15, 0.2) is 0 Å². The number of carbonyl (C=O) groups is 2. The van der Waals surface area contributed by atoms with Gasteiger partial charge < -0.3 is 15.9 Å². The predicted molar refractivity (Wildman–Crippen MR) is 61.0 cm³/mol. The van der Waals surface area contributed by atoms with Gasteiger partial charge in [0.15, 0.2) is 0 Å². The molecule has 9 heteroatoms. The SMILES string of the molecule is NC(=O)C1CC(O)CN1S(=O)(=O)CCCC(=O)O. The van der Waals surface area contributed by atoms with Crippen LogP contribution in [0.5, 0.6) is 0 Å². The van der Waals surface area contributed by atoms with Gasteiger partial charge in [-0.2, -0.15) is 4.31 Å². The van der Waals surface area contributed by atoms with Crippen molar-refractivity contribution >= 4 is 21.9 Å². The van der Waals surface area contributed by atoms with Crippen molar-refractivity contribution in [2.75, 3.05) is 12.3 Å². The van der Waals surface area contributed by atoms with E-state index >= 15 is 0 Å². The fourth-order valence-electron chi connectivity index (χ4n) is 1.87. The highest BCUT2D eigenvalue weighted by molar-refractivity contribution is 7.89. The number of sulfonamides is 1. The van der Waals surface area contributed by atoms with Crippen molar-refractivity contribution in [3.05, 3.63) is 0 Å². The number of nitrogens with two attached hydrogens (primary N) is 1. The number of rotatable bonds is 6. The number of carbonyl (C=O) groups excluding carboxylic acids is 1. The number of carboxylic acid groups (broad SMARTS) is 1. The highest BCUT2D eigenvalue weighted by Crippen LogP contribution is 2.22. The number of aliphatic hydroxyl groups excluding tert-OH is 1. The standard InChI is InChI=1S/C9H16N2O6S/c10-9(15)7-4-6(12)5-11(7)18(16,17)3-1-2-8(13)14/h6-7,12H,1-5H2,(H2,10,15)(H,13,14). The molecular weight excluding hydrogens is 264 g/mol. The van der Waals surface area contributed by atoms with Crippen molar-refractivity contribution in [1.82, 2.24) is 4.31 Å². The zero-order valence-electron chi connectivity index (χ0n) is 9.65. The molecule has 4 N–H and O–H groups in total. The Balaban J connectivity index is 2.71. The molecule has 1 amide bonds. The van der Waals surface area contributed by atoms with Gasteiger partial charge in [-0.3, -0.25) is 9.59 Å². The highest BCUT2D eigenvalue weighted by Gasteiger charge is 2.41. The van der Waals surface area contributed by atoms with Gasteiger partial charge in [-0.1, -0.05) is 0 Å². The second kappa shape index (κ2) is 5.63. The van der Waals surface area contributed by atoms with Crippen molar-refractivity contribution in [2.45, 2.75) is 31.4 Å². The smallest absolute Gasteiger partial charge is 0.303 e. The number of primary amides is 1. The number of hydrogen-bond acceptors (Lipinski definition) is 5. The van der Waals surface area contributed by atoms with Crippen LogP contribution in [0.25, 0.3) is 0 Å². The summed E-state index contributed by atoms with van der Waals surface area (Å²) >= 11 is 0. The first-order valence-corrected chi connectivity index (χ1v) is 7.03. The molecular formula is C9H16N2O6S. The molecule has 0 bridgehead atoms. The summed E-state index contributed by atoms with van der Waals surface area (Å²) in [6, 6.07) is -1.05. The van der Waals surface area contributed by atoms with Gasteiger partial charge in [-0.15, -0.1) is 0 Å². The number of β-amino-alcohol motifs (C(OH)–C–C–N with tert-alkyl or cyclic N) is 1. The molecule has 1 heterocycles. The molecule has 1 saturated heterocycles. The molecule has 0 aliphatic carbocycles. The Bertz CT molecular complexity index is 434. The molecule has 104 valence electrons. The third kappa shape index (κ3) is 3.65. The minimum absolute atomic E-state index is 0.0203. The first-order valence-electron chi connectivity index (χ1n) is 5.42. The molecule has 0 aromatic heterocycles. The average Bonchev–Trinajstić information content (AvgIpc) is 2.60. The maximum atomic E-state index is 11.9. The van der Waals surface area contributed by atoms with E-state index in [0.29, 0.717) is 0 Å². The van der Waals surface area contributed by atoms with E-state index in [9.17, 15) is 23.1 Å². The van der Waals surface area contributed by atoms with Crippen molar-refractivity contribution in [2.24, 2.45) is 5.73 Å². The summed E-state index contributed by atoms with van der Waals surface area (Å²) in [5.41, 5.74) is 5.07. The Morgan fingerprint density at radius 2 is 2.00 bits per heavy atom. The molecule has 0 spiro atoms. The van der Waals surface area contributed by atoms with Crippen LogP contribution in [0.3, 0.4) is 0 Å². The van der Waals surface area contributed by atoms with E-state index in [-0.39, 0.29) is 31.6 Å². The van der Waals surface area contributed by atoms with Crippen LogP contribution in [-0.2, 0) is 19.6 Å². The van der Waals surface area contributed by atoms with E-state index < -0.39 is 34.0 Å². The second-order valence-corrected chi connectivity index (χ2v) is 6.23. The summed E-state index contributed by atoms with van der Waals surface area (Å²) in [4.78, 5) is 21.4. The van der Waals surface area contributed by atoms with Gasteiger partial charge in [0, 0.05) is 19.4 Å². The lowest BCUT2D eigenvalue weighted by Gasteiger charge is -2.21. The molecule has 0 aromatic carbocycles. The topological polar surface area (TPSA) is 138 Å². The van der Waals surface area contributed by atoms with Gasteiger partial charge in [-0.05, 0) is 6.42 Å². The fraction of sp³-hybridized carbons (Fsp3) is 0.778. The summed E-state index contributed by atoms with van der Waals surface area (Å²) in [6.07, 6.45) is -1.25. The minimum Gasteiger partial charge on any atom is -0.481 e. The Hall–Kier alpha value is -1.19. The van der Waals surface area contributed by atoms with Gasteiger partial charge in [0.25, 0.3) is 0 Å². The van der Waals surface area contributed by atoms with Crippen LogP contribution in [0.2, 0.25) is 0 Å². The third-order valence-electron chi connectivity index (χ3n) is 2.71. The average molecular weight is 280 g/mol. The first-order chi connectivity index (χ1) is 8.24. The molecule has 1 aliphatic rings. The summed E-state index contributed by atoms with van der Waals surface area (Å²) in [7, 11) is -3.77. The Morgan fingerprint density at radius 3 is 2.50 bits per heavy atom. The molecule has 1 rings (SSSR count). The Kier molecular flexibility index (Phi) is 4.65. The summed E-state index contributed by atoms with van der Waals surface area (Å²) in [6.45, 7) is -0.178. The van der Waals surface area contributed by atoms with E-state index in [2.05, 4.69) is 0 Å². The Labute approximate surface area is 104 Å². The van der Waals surface area contributed by atoms with Crippen LogP contribution in [0.4, 0.5) is 0 Å². The number of nitrogens with zero attached hydrogens (tertiary/aromatic N) is 1. The quantitative estimate of drug-likeness (QED) is 0.519. The lowest BCUT2D eigenvalue weighted by molar-refractivity contribution is -0.137. The number of aliphatic carboxylic acids is 1. The van der Waals surface area contributed by atoms with Gasteiger partial charge in [-0.25, -0.2) is 8.42 Å². The molecule has 0 aromatic rings. The van der Waals surface area contributed by atoms with Crippen molar-refractivity contribution in [1.29, 1.82) is 0 Å². The van der Waals surface area contributed by atoms with Crippen LogP contribution in [-0.4, -0.2) is 59.3 Å². The molecule has 0 radical (unpaired) electrons. The molecule has 2 unspecified atom stereocenters. The number of carboxylic acids is 1. The zero-order chi connectivity index (χ0) is 13.9. The Morgan fingerprint density at radius 1 is 1.39 bits per heavy atom. The molecule has 0 saturated carbocycles. The second-order valence-electron chi connectivity index (χ2n) is 4.19. The number of amides is 1. The van der Waals surface area contributed by atoms with Gasteiger partial charge in [0.1, 0.15) is 6.04 Å². The largest absolute Gasteiger partial charge is 0.481 e. The van der Waals surface area contributed by atoms with Crippen molar-refractivity contribution in [3.8, 4) is 0 Å². The highest BCUT2D eigenvalue weighted by atomic mass is 32.2. The predicted octanol–water partition coefficient (Wildman–Crippen LogP) is -1.90. The van der Waals surface area contributed by atoms with Crippen LogP contribution < -0.4 is 5.73 Å². The van der Waals surface area contributed by atoms with Gasteiger partial charge in [0.2, 0.25) is 15.9 Å². The number of hydrogen-bond donors (Lipinski definition) is 3.